The second-order valence-electron chi connectivity index (χ2n) is 4.04. The Balaban J connectivity index is 2.80. The first-order valence-electron chi connectivity index (χ1n) is 5.37. The van der Waals surface area contributed by atoms with E-state index < -0.39 is 10.0 Å². The summed E-state index contributed by atoms with van der Waals surface area (Å²) in [5.74, 6) is 0.679. The van der Waals surface area contributed by atoms with E-state index in [-0.39, 0.29) is 20.9 Å². The summed E-state index contributed by atoms with van der Waals surface area (Å²) in [6, 6.07) is 4.21. The average Bonchev–Trinajstić information content (AvgIpc) is 2.26. The standard InChI is InChI=1S/C11H14Cl3NO2S/c1-8(2-3-12)7-15-18(16,17)11-5-9(13)4-10(14)6-11/h4-6,8,15H,2-3,7H2,1H3. The molecule has 0 aromatic heterocycles. The van der Waals surface area contributed by atoms with Crippen LogP contribution in [0.3, 0.4) is 0 Å². The summed E-state index contributed by atoms with van der Waals surface area (Å²) >= 11 is 17.1. The maximum absolute atomic E-state index is 12.0. The van der Waals surface area contributed by atoms with Gasteiger partial charge in [0, 0.05) is 22.5 Å². The molecule has 1 aromatic carbocycles. The van der Waals surface area contributed by atoms with Crippen LogP contribution in [0.1, 0.15) is 13.3 Å². The first-order chi connectivity index (χ1) is 8.35. The molecule has 0 amide bonds. The van der Waals surface area contributed by atoms with Crippen molar-refractivity contribution in [2.75, 3.05) is 12.4 Å². The van der Waals surface area contributed by atoms with Crippen molar-refractivity contribution in [2.24, 2.45) is 5.92 Å². The van der Waals surface area contributed by atoms with Gasteiger partial charge in [0.2, 0.25) is 10.0 Å². The zero-order valence-corrected chi connectivity index (χ0v) is 12.9. The Bertz CT molecular complexity index is 485. The highest BCUT2D eigenvalue weighted by Gasteiger charge is 2.16. The van der Waals surface area contributed by atoms with Crippen LogP contribution in [0, 0.1) is 5.92 Å². The van der Waals surface area contributed by atoms with Crippen molar-refractivity contribution < 1.29 is 8.42 Å². The van der Waals surface area contributed by atoms with Crippen molar-refractivity contribution in [3.8, 4) is 0 Å². The van der Waals surface area contributed by atoms with Crippen LogP contribution in [0.4, 0.5) is 0 Å². The average molecular weight is 331 g/mol. The van der Waals surface area contributed by atoms with E-state index in [4.69, 9.17) is 34.8 Å². The molecule has 0 aliphatic heterocycles. The minimum absolute atomic E-state index is 0.0677. The van der Waals surface area contributed by atoms with E-state index in [0.29, 0.717) is 12.4 Å². The molecule has 0 bridgehead atoms. The van der Waals surface area contributed by atoms with Gasteiger partial charge in [0.05, 0.1) is 4.90 Å². The quantitative estimate of drug-likeness (QED) is 0.811. The van der Waals surface area contributed by atoms with Crippen molar-refractivity contribution in [3.63, 3.8) is 0 Å². The number of halogens is 3. The van der Waals surface area contributed by atoms with Crippen molar-refractivity contribution in [2.45, 2.75) is 18.2 Å². The van der Waals surface area contributed by atoms with Gasteiger partial charge in [-0.1, -0.05) is 30.1 Å². The predicted molar refractivity (Wildman–Crippen MR) is 76.2 cm³/mol. The zero-order valence-electron chi connectivity index (χ0n) is 9.79. The van der Waals surface area contributed by atoms with E-state index in [0.717, 1.165) is 6.42 Å². The maximum Gasteiger partial charge on any atom is 0.240 e. The topological polar surface area (TPSA) is 46.2 Å². The molecule has 102 valence electrons. The van der Waals surface area contributed by atoms with Crippen LogP contribution in [0.15, 0.2) is 23.1 Å². The van der Waals surface area contributed by atoms with Crippen molar-refractivity contribution in [3.05, 3.63) is 28.2 Å². The van der Waals surface area contributed by atoms with Gasteiger partial charge in [-0.25, -0.2) is 13.1 Å². The van der Waals surface area contributed by atoms with Gasteiger partial charge in [-0.3, -0.25) is 0 Å². The smallest absolute Gasteiger partial charge is 0.211 e. The molecule has 1 atom stereocenters. The summed E-state index contributed by atoms with van der Waals surface area (Å²) in [6.45, 7) is 2.26. The molecule has 3 nitrogen and oxygen atoms in total. The lowest BCUT2D eigenvalue weighted by Gasteiger charge is -2.12. The molecule has 0 radical (unpaired) electrons. The lowest BCUT2D eigenvalue weighted by atomic mass is 10.1. The Hall–Kier alpha value is -0.000000000000000111. The lowest BCUT2D eigenvalue weighted by Crippen LogP contribution is -2.28. The van der Waals surface area contributed by atoms with E-state index >= 15 is 0 Å². The molecule has 0 heterocycles. The van der Waals surface area contributed by atoms with Gasteiger partial charge in [-0.05, 0) is 30.5 Å². The van der Waals surface area contributed by atoms with Crippen LogP contribution in [0.2, 0.25) is 10.0 Å². The van der Waals surface area contributed by atoms with Crippen LogP contribution in [-0.2, 0) is 10.0 Å². The fourth-order valence-electron chi connectivity index (χ4n) is 1.31. The molecule has 0 saturated heterocycles. The van der Waals surface area contributed by atoms with Crippen LogP contribution in [0.5, 0.6) is 0 Å². The fourth-order valence-corrected chi connectivity index (χ4v) is 3.57. The Morgan fingerprint density at radius 3 is 2.28 bits per heavy atom. The van der Waals surface area contributed by atoms with E-state index in [2.05, 4.69) is 4.72 Å². The first kappa shape index (κ1) is 16.1. The molecule has 0 fully saturated rings. The second kappa shape index (κ2) is 6.96. The summed E-state index contributed by atoms with van der Waals surface area (Å²) in [4.78, 5) is 0.0677. The minimum Gasteiger partial charge on any atom is -0.211 e. The third-order valence-corrected chi connectivity index (χ3v) is 4.43. The molecule has 0 spiro atoms. The number of sulfonamides is 1. The number of alkyl halides is 1. The van der Waals surface area contributed by atoms with Crippen LogP contribution >= 0.6 is 34.8 Å². The third kappa shape index (κ3) is 4.94. The van der Waals surface area contributed by atoms with E-state index in [9.17, 15) is 8.42 Å². The third-order valence-electron chi connectivity index (χ3n) is 2.37. The Morgan fingerprint density at radius 1 is 1.22 bits per heavy atom. The first-order valence-corrected chi connectivity index (χ1v) is 8.14. The van der Waals surface area contributed by atoms with E-state index in [1.807, 2.05) is 6.92 Å². The second-order valence-corrected chi connectivity index (χ2v) is 7.06. The highest BCUT2D eigenvalue weighted by molar-refractivity contribution is 7.89. The molecule has 18 heavy (non-hydrogen) atoms. The normalized spacial score (nSPS) is 13.6. The molecule has 1 unspecified atom stereocenters. The minimum atomic E-state index is -3.58. The van der Waals surface area contributed by atoms with Gasteiger partial charge < -0.3 is 0 Å². The molecule has 0 aliphatic rings. The van der Waals surface area contributed by atoms with Gasteiger partial charge in [-0.15, -0.1) is 11.6 Å². The summed E-state index contributed by atoms with van der Waals surface area (Å²) in [6.07, 6.45) is 0.750. The van der Waals surface area contributed by atoms with E-state index in [1.165, 1.54) is 18.2 Å². The van der Waals surface area contributed by atoms with Gasteiger partial charge in [0.25, 0.3) is 0 Å². The molecular weight excluding hydrogens is 317 g/mol. The van der Waals surface area contributed by atoms with Crippen LogP contribution in [0.25, 0.3) is 0 Å². The number of benzene rings is 1. The molecule has 1 rings (SSSR count). The monoisotopic (exact) mass is 329 g/mol. The number of nitrogens with one attached hydrogen (secondary N) is 1. The molecule has 7 heteroatoms. The van der Waals surface area contributed by atoms with Crippen LogP contribution < -0.4 is 4.72 Å². The van der Waals surface area contributed by atoms with E-state index in [1.54, 1.807) is 0 Å². The molecule has 1 aromatic rings. The van der Waals surface area contributed by atoms with Crippen molar-refractivity contribution in [1.29, 1.82) is 0 Å². The summed E-state index contributed by atoms with van der Waals surface area (Å²) in [7, 11) is -3.58. The molecule has 0 aliphatic carbocycles. The van der Waals surface area contributed by atoms with Gasteiger partial charge >= 0.3 is 0 Å². The van der Waals surface area contributed by atoms with Gasteiger partial charge in [-0.2, -0.15) is 0 Å². The highest BCUT2D eigenvalue weighted by atomic mass is 35.5. The molecule has 1 N–H and O–H groups in total. The maximum atomic E-state index is 12.0. The van der Waals surface area contributed by atoms with Gasteiger partial charge in [0.1, 0.15) is 0 Å². The number of hydrogen-bond donors (Lipinski definition) is 1. The number of rotatable bonds is 6. The lowest BCUT2D eigenvalue weighted by molar-refractivity contribution is 0.530. The fraction of sp³-hybridized carbons (Fsp3) is 0.455. The predicted octanol–water partition coefficient (Wildman–Crippen LogP) is 3.54. The van der Waals surface area contributed by atoms with Crippen LogP contribution in [-0.4, -0.2) is 20.8 Å². The van der Waals surface area contributed by atoms with Gasteiger partial charge in [0.15, 0.2) is 0 Å². The molecule has 0 saturated carbocycles. The molecular formula is C11H14Cl3NO2S. The Labute approximate surface area is 122 Å². The number of hydrogen-bond acceptors (Lipinski definition) is 2. The highest BCUT2D eigenvalue weighted by Crippen LogP contribution is 2.22. The summed E-state index contributed by atoms with van der Waals surface area (Å²) in [5, 5.41) is 0.577. The van der Waals surface area contributed by atoms with Crippen molar-refractivity contribution >= 4 is 44.8 Å². The SMILES string of the molecule is CC(CCCl)CNS(=O)(=O)c1cc(Cl)cc(Cl)c1. The summed E-state index contributed by atoms with van der Waals surface area (Å²) in [5.41, 5.74) is 0. The Kier molecular flexibility index (Phi) is 6.21. The van der Waals surface area contributed by atoms with Crippen molar-refractivity contribution in [1.82, 2.24) is 4.72 Å². The summed E-state index contributed by atoms with van der Waals surface area (Å²) < 4.78 is 26.5. The zero-order chi connectivity index (χ0) is 13.8. The largest absolute Gasteiger partial charge is 0.240 e. The Morgan fingerprint density at radius 2 is 1.78 bits per heavy atom.